The van der Waals surface area contributed by atoms with Crippen LogP contribution in [0, 0.1) is 0 Å². The molecule has 1 aliphatic heterocycles. The zero-order chi connectivity index (χ0) is 13.5. The average molecular weight is 268 g/mol. The SMILES string of the molecule is CC.C[C@@H]1CCC[C@H](C)N1Cc1ccc(Cl)cc1. The Hall–Kier alpha value is -0.530. The highest BCUT2D eigenvalue weighted by Gasteiger charge is 2.24. The van der Waals surface area contributed by atoms with Crippen molar-refractivity contribution in [2.75, 3.05) is 0 Å². The van der Waals surface area contributed by atoms with Crippen molar-refractivity contribution in [3.63, 3.8) is 0 Å². The quantitative estimate of drug-likeness (QED) is 0.718. The molecule has 0 aromatic heterocycles. The topological polar surface area (TPSA) is 3.24 Å². The van der Waals surface area contributed by atoms with E-state index in [1.165, 1.54) is 24.8 Å². The molecule has 0 N–H and O–H groups in total. The minimum Gasteiger partial charge on any atom is -0.294 e. The molecule has 1 nitrogen and oxygen atoms in total. The van der Waals surface area contributed by atoms with Gasteiger partial charge in [0.15, 0.2) is 0 Å². The molecule has 0 saturated carbocycles. The molecule has 1 aromatic carbocycles. The van der Waals surface area contributed by atoms with Gasteiger partial charge < -0.3 is 0 Å². The molecule has 1 aromatic rings. The van der Waals surface area contributed by atoms with Crippen molar-refractivity contribution in [1.29, 1.82) is 0 Å². The lowest BCUT2D eigenvalue weighted by atomic mass is 9.97. The van der Waals surface area contributed by atoms with E-state index in [2.05, 4.69) is 30.9 Å². The van der Waals surface area contributed by atoms with Crippen LogP contribution in [0.25, 0.3) is 0 Å². The molecule has 0 unspecified atom stereocenters. The number of piperidine rings is 1. The Kier molecular flexibility index (Phi) is 6.73. The number of hydrogen-bond donors (Lipinski definition) is 0. The third-order valence-corrected chi connectivity index (χ3v) is 3.91. The van der Waals surface area contributed by atoms with Crippen molar-refractivity contribution in [2.45, 2.75) is 65.6 Å². The van der Waals surface area contributed by atoms with Crippen LogP contribution in [-0.4, -0.2) is 17.0 Å². The summed E-state index contributed by atoms with van der Waals surface area (Å²) >= 11 is 5.90. The van der Waals surface area contributed by atoms with Gasteiger partial charge in [-0.05, 0) is 44.4 Å². The number of rotatable bonds is 2. The summed E-state index contributed by atoms with van der Waals surface area (Å²) in [5, 5.41) is 0.823. The van der Waals surface area contributed by atoms with Crippen LogP contribution in [0.3, 0.4) is 0 Å². The summed E-state index contributed by atoms with van der Waals surface area (Å²) in [6.45, 7) is 9.73. The molecular weight excluding hydrogens is 242 g/mol. The van der Waals surface area contributed by atoms with Crippen molar-refractivity contribution < 1.29 is 0 Å². The van der Waals surface area contributed by atoms with Gasteiger partial charge in [-0.3, -0.25) is 4.90 Å². The normalized spacial score (nSPS) is 24.3. The third kappa shape index (κ3) is 4.29. The Balaban J connectivity index is 0.000000771. The van der Waals surface area contributed by atoms with Crippen LogP contribution in [0.15, 0.2) is 24.3 Å². The second kappa shape index (κ2) is 7.81. The average Bonchev–Trinajstić information content (AvgIpc) is 2.39. The van der Waals surface area contributed by atoms with Gasteiger partial charge in [0.05, 0.1) is 0 Å². The maximum absolute atomic E-state index is 5.90. The van der Waals surface area contributed by atoms with E-state index in [4.69, 9.17) is 11.6 Å². The Labute approximate surface area is 117 Å². The summed E-state index contributed by atoms with van der Waals surface area (Å²) in [5.74, 6) is 0. The fourth-order valence-corrected chi connectivity index (χ4v) is 2.71. The standard InChI is InChI=1S/C14H20ClN.C2H6/c1-11-4-3-5-12(2)16(11)10-13-6-8-14(15)9-7-13;1-2/h6-9,11-12H,3-5,10H2,1-2H3;1-2H3/t11-,12+;. The molecule has 0 aliphatic carbocycles. The lowest BCUT2D eigenvalue weighted by Crippen LogP contribution is -2.42. The second-order valence-corrected chi connectivity index (χ2v) is 5.36. The first-order valence-corrected chi connectivity index (χ1v) is 7.55. The van der Waals surface area contributed by atoms with E-state index in [0.29, 0.717) is 12.1 Å². The van der Waals surface area contributed by atoms with Crippen LogP contribution < -0.4 is 0 Å². The molecular formula is C16H26ClN. The molecule has 1 fully saturated rings. The Morgan fingerprint density at radius 1 is 1.06 bits per heavy atom. The lowest BCUT2D eigenvalue weighted by molar-refractivity contribution is 0.0953. The molecule has 0 amide bonds. The molecule has 1 aliphatic rings. The van der Waals surface area contributed by atoms with E-state index < -0.39 is 0 Å². The van der Waals surface area contributed by atoms with Gasteiger partial charge in [-0.15, -0.1) is 0 Å². The van der Waals surface area contributed by atoms with Crippen LogP contribution in [-0.2, 0) is 6.54 Å². The zero-order valence-corrected chi connectivity index (χ0v) is 12.9. The Bertz CT molecular complexity index is 323. The third-order valence-electron chi connectivity index (χ3n) is 3.65. The Morgan fingerprint density at radius 2 is 1.56 bits per heavy atom. The van der Waals surface area contributed by atoms with Gasteiger partial charge in [-0.2, -0.15) is 0 Å². The molecule has 1 saturated heterocycles. The molecule has 2 atom stereocenters. The fourth-order valence-electron chi connectivity index (χ4n) is 2.59. The molecule has 0 radical (unpaired) electrons. The lowest BCUT2D eigenvalue weighted by Gasteiger charge is -2.39. The maximum atomic E-state index is 5.90. The Morgan fingerprint density at radius 3 is 2.06 bits per heavy atom. The van der Waals surface area contributed by atoms with Crippen molar-refractivity contribution in [2.24, 2.45) is 0 Å². The molecule has 2 rings (SSSR count). The van der Waals surface area contributed by atoms with Gasteiger partial charge in [-0.1, -0.05) is 44.0 Å². The van der Waals surface area contributed by atoms with E-state index in [-0.39, 0.29) is 0 Å². The van der Waals surface area contributed by atoms with Gasteiger partial charge in [0.25, 0.3) is 0 Å². The van der Waals surface area contributed by atoms with Crippen molar-refractivity contribution in [1.82, 2.24) is 4.90 Å². The fraction of sp³-hybridized carbons (Fsp3) is 0.625. The van der Waals surface area contributed by atoms with Gasteiger partial charge in [-0.25, -0.2) is 0 Å². The van der Waals surface area contributed by atoms with Gasteiger partial charge >= 0.3 is 0 Å². The summed E-state index contributed by atoms with van der Waals surface area (Å²) in [6, 6.07) is 9.65. The van der Waals surface area contributed by atoms with E-state index in [0.717, 1.165) is 11.6 Å². The van der Waals surface area contributed by atoms with Crippen LogP contribution in [0.5, 0.6) is 0 Å². The molecule has 0 spiro atoms. The van der Waals surface area contributed by atoms with Crippen LogP contribution >= 0.6 is 11.6 Å². The minimum absolute atomic E-state index is 0.708. The summed E-state index contributed by atoms with van der Waals surface area (Å²) in [6.07, 6.45) is 4.04. The van der Waals surface area contributed by atoms with Gasteiger partial charge in [0.1, 0.15) is 0 Å². The molecule has 0 bridgehead atoms. The molecule has 1 heterocycles. The highest BCUT2D eigenvalue weighted by molar-refractivity contribution is 6.30. The van der Waals surface area contributed by atoms with Crippen LogP contribution in [0.4, 0.5) is 0 Å². The van der Waals surface area contributed by atoms with Gasteiger partial charge in [0, 0.05) is 23.7 Å². The van der Waals surface area contributed by atoms with E-state index >= 15 is 0 Å². The van der Waals surface area contributed by atoms with E-state index in [1.54, 1.807) is 0 Å². The number of hydrogen-bond acceptors (Lipinski definition) is 1. The van der Waals surface area contributed by atoms with E-state index in [9.17, 15) is 0 Å². The maximum Gasteiger partial charge on any atom is 0.0406 e. The molecule has 102 valence electrons. The largest absolute Gasteiger partial charge is 0.294 e. The number of benzene rings is 1. The summed E-state index contributed by atoms with van der Waals surface area (Å²) in [7, 11) is 0. The number of likely N-dealkylation sites (tertiary alicyclic amines) is 1. The highest BCUT2D eigenvalue weighted by atomic mass is 35.5. The van der Waals surface area contributed by atoms with Crippen LogP contribution in [0.1, 0.15) is 52.5 Å². The molecule has 18 heavy (non-hydrogen) atoms. The summed E-state index contributed by atoms with van der Waals surface area (Å²) in [4.78, 5) is 2.60. The molecule has 2 heteroatoms. The first kappa shape index (κ1) is 15.5. The number of nitrogens with zero attached hydrogens (tertiary/aromatic N) is 1. The smallest absolute Gasteiger partial charge is 0.0406 e. The predicted octanol–water partition coefficient (Wildman–Crippen LogP) is 5.13. The first-order valence-electron chi connectivity index (χ1n) is 7.17. The van der Waals surface area contributed by atoms with Crippen LogP contribution in [0.2, 0.25) is 5.02 Å². The second-order valence-electron chi connectivity index (χ2n) is 4.93. The van der Waals surface area contributed by atoms with Gasteiger partial charge in [0.2, 0.25) is 0 Å². The number of halogens is 1. The monoisotopic (exact) mass is 267 g/mol. The predicted molar refractivity (Wildman–Crippen MR) is 81.1 cm³/mol. The zero-order valence-electron chi connectivity index (χ0n) is 12.1. The van der Waals surface area contributed by atoms with Crippen molar-refractivity contribution in [3.8, 4) is 0 Å². The summed E-state index contributed by atoms with van der Waals surface area (Å²) in [5.41, 5.74) is 1.37. The summed E-state index contributed by atoms with van der Waals surface area (Å²) < 4.78 is 0. The highest BCUT2D eigenvalue weighted by Crippen LogP contribution is 2.24. The van der Waals surface area contributed by atoms with Crippen molar-refractivity contribution in [3.05, 3.63) is 34.9 Å². The van der Waals surface area contributed by atoms with Crippen molar-refractivity contribution >= 4 is 11.6 Å². The minimum atomic E-state index is 0.708. The first-order chi connectivity index (χ1) is 8.66. The van der Waals surface area contributed by atoms with E-state index in [1.807, 2.05) is 26.0 Å².